The first-order valence-corrected chi connectivity index (χ1v) is 4.15. The van der Waals surface area contributed by atoms with Gasteiger partial charge in [-0.1, -0.05) is 0 Å². The van der Waals surface area contributed by atoms with Crippen LogP contribution in [0.2, 0.25) is 0 Å². The number of ether oxygens (including phenoxy) is 1. The Morgan fingerprint density at radius 1 is 1.43 bits per heavy atom. The first kappa shape index (κ1) is 8.68. The van der Waals surface area contributed by atoms with Gasteiger partial charge < -0.3 is 9.30 Å². The van der Waals surface area contributed by atoms with E-state index in [9.17, 15) is 0 Å². The van der Waals surface area contributed by atoms with Crippen molar-refractivity contribution < 1.29 is 4.74 Å². The summed E-state index contributed by atoms with van der Waals surface area (Å²) in [5.74, 6) is 1.47. The average molecular weight is 190 g/mol. The van der Waals surface area contributed by atoms with E-state index in [4.69, 9.17) is 4.74 Å². The van der Waals surface area contributed by atoms with Gasteiger partial charge >= 0.3 is 0 Å². The molecule has 2 rings (SSSR count). The van der Waals surface area contributed by atoms with E-state index in [1.54, 1.807) is 25.8 Å². The number of methoxy groups -OCH3 is 1. The molecule has 14 heavy (non-hydrogen) atoms. The molecule has 0 saturated carbocycles. The van der Waals surface area contributed by atoms with Gasteiger partial charge in [-0.15, -0.1) is 10.2 Å². The van der Waals surface area contributed by atoms with Gasteiger partial charge in [-0.25, -0.2) is 0 Å². The lowest BCUT2D eigenvalue weighted by Crippen LogP contribution is -1.95. The van der Waals surface area contributed by atoms with Crippen LogP contribution in [0.1, 0.15) is 0 Å². The van der Waals surface area contributed by atoms with Gasteiger partial charge in [0.1, 0.15) is 12.1 Å². The fourth-order valence-corrected chi connectivity index (χ4v) is 1.25. The van der Waals surface area contributed by atoms with Crippen LogP contribution in [0.5, 0.6) is 5.75 Å². The summed E-state index contributed by atoms with van der Waals surface area (Å²) >= 11 is 0. The lowest BCUT2D eigenvalue weighted by molar-refractivity contribution is 0.414. The number of aryl methyl sites for hydroxylation is 1. The lowest BCUT2D eigenvalue weighted by atomic mass is 10.2. The first-order chi connectivity index (χ1) is 6.83. The van der Waals surface area contributed by atoms with Gasteiger partial charge in [0.2, 0.25) is 0 Å². The molecule has 5 heteroatoms. The predicted octanol–water partition coefficient (Wildman–Crippen LogP) is 0.886. The maximum absolute atomic E-state index is 5.18. The van der Waals surface area contributed by atoms with E-state index < -0.39 is 0 Å². The van der Waals surface area contributed by atoms with Crippen LogP contribution < -0.4 is 4.74 Å². The molecule has 0 N–H and O–H groups in total. The summed E-state index contributed by atoms with van der Waals surface area (Å²) in [6.07, 6.45) is 5.01. The van der Waals surface area contributed by atoms with Gasteiger partial charge in [0.25, 0.3) is 0 Å². The molecular formula is C9H10N4O. The van der Waals surface area contributed by atoms with Crippen molar-refractivity contribution in [3.8, 4) is 17.1 Å². The number of nitrogens with zero attached hydrogens (tertiary/aromatic N) is 4. The molecule has 0 spiro atoms. The molecule has 0 aromatic carbocycles. The van der Waals surface area contributed by atoms with Gasteiger partial charge in [-0.2, -0.15) is 0 Å². The summed E-state index contributed by atoms with van der Waals surface area (Å²) in [5.41, 5.74) is 0.891. The van der Waals surface area contributed by atoms with Crippen LogP contribution in [0.15, 0.2) is 24.8 Å². The van der Waals surface area contributed by atoms with E-state index in [-0.39, 0.29) is 0 Å². The molecule has 2 heterocycles. The Morgan fingerprint density at radius 3 is 2.93 bits per heavy atom. The summed E-state index contributed by atoms with van der Waals surface area (Å²) in [6.45, 7) is 0. The zero-order valence-electron chi connectivity index (χ0n) is 8.01. The Morgan fingerprint density at radius 2 is 2.29 bits per heavy atom. The third kappa shape index (κ3) is 1.32. The Hall–Kier alpha value is -1.91. The molecule has 0 atom stereocenters. The Bertz CT molecular complexity index is 438. The normalized spacial score (nSPS) is 10.1. The summed E-state index contributed by atoms with van der Waals surface area (Å²) in [6, 6.07) is 1.85. The fraction of sp³-hybridized carbons (Fsp3) is 0.222. The molecule has 0 unspecified atom stereocenters. The molecule has 2 aromatic heterocycles. The zero-order valence-corrected chi connectivity index (χ0v) is 8.01. The summed E-state index contributed by atoms with van der Waals surface area (Å²) in [4.78, 5) is 3.97. The molecule has 0 fully saturated rings. The van der Waals surface area contributed by atoms with Crippen LogP contribution in [-0.2, 0) is 7.05 Å². The second-order valence-corrected chi connectivity index (χ2v) is 2.84. The van der Waals surface area contributed by atoms with Crippen molar-refractivity contribution in [2.75, 3.05) is 7.11 Å². The minimum Gasteiger partial charge on any atom is -0.494 e. The van der Waals surface area contributed by atoms with Crippen LogP contribution in [0.3, 0.4) is 0 Å². The van der Waals surface area contributed by atoms with Crippen LogP contribution in [0.4, 0.5) is 0 Å². The predicted molar refractivity (Wildman–Crippen MR) is 50.8 cm³/mol. The minimum absolute atomic E-state index is 0.698. The van der Waals surface area contributed by atoms with E-state index in [2.05, 4.69) is 15.2 Å². The number of hydrogen-bond acceptors (Lipinski definition) is 4. The maximum Gasteiger partial charge on any atom is 0.167 e. The van der Waals surface area contributed by atoms with Gasteiger partial charge in [0.15, 0.2) is 5.82 Å². The third-order valence-electron chi connectivity index (χ3n) is 1.96. The Kier molecular flexibility index (Phi) is 2.14. The molecule has 2 aromatic rings. The van der Waals surface area contributed by atoms with Crippen molar-refractivity contribution in [1.82, 2.24) is 19.7 Å². The first-order valence-electron chi connectivity index (χ1n) is 4.15. The summed E-state index contributed by atoms with van der Waals surface area (Å²) in [7, 11) is 3.49. The van der Waals surface area contributed by atoms with E-state index >= 15 is 0 Å². The number of rotatable bonds is 2. The highest BCUT2D eigenvalue weighted by Gasteiger charge is 2.09. The second-order valence-electron chi connectivity index (χ2n) is 2.84. The second kappa shape index (κ2) is 3.45. The molecule has 5 nitrogen and oxygen atoms in total. The molecule has 0 radical (unpaired) electrons. The van der Waals surface area contributed by atoms with Crippen molar-refractivity contribution in [3.63, 3.8) is 0 Å². The highest BCUT2D eigenvalue weighted by atomic mass is 16.5. The largest absolute Gasteiger partial charge is 0.494 e. The molecule has 0 aliphatic carbocycles. The van der Waals surface area contributed by atoms with Crippen LogP contribution in [0.25, 0.3) is 11.4 Å². The molecule has 72 valence electrons. The molecule has 0 amide bonds. The Balaban J connectivity index is 2.56. The van der Waals surface area contributed by atoms with Crippen LogP contribution in [-0.4, -0.2) is 26.9 Å². The number of hydrogen-bond donors (Lipinski definition) is 0. The summed E-state index contributed by atoms with van der Waals surface area (Å²) in [5, 5.41) is 7.81. The van der Waals surface area contributed by atoms with Gasteiger partial charge in [0, 0.05) is 13.2 Å². The SMILES string of the molecule is COc1cnccc1-c1nncn1C. The average Bonchev–Trinajstić information content (AvgIpc) is 2.64. The number of pyridine rings is 1. The number of aromatic nitrogens is 4. The van der Waals surface area contributed by atoms with Crippen LogP contribution in [0, 0.1) is 0 Å². The van der Waals surface area contributed by atoms with Crippen molar-refractivity contribution in [2.45, 2.75) is 0 Å². The van der Waals surface area contributed by atoms with Gasteiger partial charge in [-0.05, 0) is 6.07 Å². The van der Waals surface area contributed by atoms with Crippen molar-refractivity contribution in [3.05, 3.63) is 24.8 Å². The highest BCUT2D eigenvalue weighted by Crippen LogP contribution is 2.25. The molecule has 0 aliphatic heterocycles. The lowest BCUT2D eigenvalue weighted by Gasteiger charge is -2.05. The standard InChI is InChI=1S/C9H10N4O/c1-13-6-11-12-9(13)7-3-4-10-5-8(7)14-2/h3-6H,1-2H3. The molecular weight excluding hydrogens is 180 g/mol. The van der Waals surface area contributed by atoms with Gasteiger partial charge in [0.05, 0.1) is 18.9 Å². The maximum atomic E-state index is 5.18. The summed E-state index contributed by atoms with van der Waals surface area (Å²) < 4.78 is 7.01. The highest BCUT2D eigenvalue weighted by molar-refractivity contribution is 5.62. The van der Waals surface area contributed by atoms with E-state index in [1.165, 1.54) is 0 Å². The van der Waals surface area contributed by atoms with Gasteiger partial charge in [-0.3, -0.25) is 4.98 Å². The third-order valence-corrected chi connectivity index (χ3v) is 1.96. The smallest absolute Gasteiger partial charge is 0.167 e. The van der Waals surface area contributed by atoms with E-state index in [0.29, 0.717) is 5.75 Å². The van der Waals surface area contributed by atoms with E-state index in [1.807, 2.05) is 17.7 Å². The van der Waals surface area contributed by atoms with Crippen LogP contribution >= 0.6 is 0 Å². The molecule has 0 bridgehead atoms. The van der Waals surface area contributed by atoms with Crippen molar-refractivity contribution >= 4 is 0 Å². The van der Waals surface area contributed by atoms with Crippen molar-refractivity contribution in [2.24, 2.45) is 7.05 Å². The fourth-order valence-electron chi connectivity index (χ4n) is 1.25. The molecule has 0 saturated heterocycles. The topological polar surface area (TPSA) is 52.8 Å². The van der Waals surface area contributed by atoms with Crippen molar-refractivity contribution in [1.29, 1.82) is 0 Å². The monoisotopic (exact) mass is 190 g/mol. The minimum atomic E-state index is 0.698. The van der Waals surface area contributed by atoms with E-state index in [0.717, 1.165) is 11.4 Å². The molecule has 0 aliphatic rings. The Labute approximate surface area is 81.4 Å². The quantitative estimate of drug-likeness (QED) is 0.705. The zero-order chi connectivity index (χ0) is 9.97.